The second-order valence-corrected chi connectivity index (χ2v) is 11.0. The average Bonchev–Trinajstić information content (AvgIpc) is 3.73. The van der Waals surface area contributed by atoms with Crippen LogP contribution in [0, 0.1) is 11.6 Å². The maximum Gasteiger partial charge on any atom is 0.247 e. The van der Waals surface area contributed by atoms with Gasteiger partial charge in [-0.15, -0.1) is 0 Å². The van der Waals surface area contributed by atoms with Crippen molar-refractivity contribution in [1.82, 2.24) is 14.9 Å². The molecule has 1 aliphatic carbocycles. The third-order valence-corrected chi connectivity index (χ3v) is 8.16. The van der Waals surface area contributed by atoms with Gasteiger partial charge in [0.1, 0.15) is 29.5 Å². The van der Waals surface area contributed by atoms with Crippen molar-refractivity contribution in [2.75, 3.05) is 53.9 Å². The number of ether oxygens (including phenoxy) is 1. The molecule has 2 N–H and O–H groups in total. The van der Waals surface area contributed by atoms with E-state index in [4.69, 9.17) is 9.57 Å². The van der Waals surface area contributed by atoms with Gasteiger partial charge in [0.2, 0.25) is 5.91 Å². The zero-order valence-electron chi connectivity index (χ0n) is 24.2. The van der Waals surface area contributed by atoms with Gasteiger partial charge in [0.05, 0.1) is 36.8 Å². The lowest BCUT2D eigenvalue weighted by Gasteiger charge is -2.42. The zero-order valence-corrected chi connectivity index (χ0v) is 24.2. The summed E-state index contributed by atoms with van der Waals surface area (Å²) in [5.74, 6) is -0.210. The number of rotatable bonds is 9. The molecule has 1 saturated carbocycles. The molecule has 3 aliphatic rings. The summed E-state index contributed by atoms with van der Waals surface area (Å²) in [7, 11) is 1.59. The van der Waals surface area contributed by atoms with E-state index in [1.807, 2.05) is 12.1 Å². The molecule has 2 aromatic carbocycles. The van der Waals surface area contributed by atoms with Crippen molar-refractivity contribution in [2.24, 2.45) is 0 Å². The van der Waals surface area contributed by atoms with Crippen LogP contribution in [0.15, 0.2) is 55.4 Å². The van der Waals surface area contributed by atoms with Crippen molar-refractivity contribution in [1.29, 1.82) is 0 Å². The van der Waals surface area contributed by atoms with Gasteiger partial charge in [-0.2, -0.15) is 0 Å². The van der Waals surface area contributed by atoms with Gasteiger partial charge < -0.3 is 20.3 Å². The Morgan fingerprint density at radius 1 is 1.12 bits per heavy atom. The van der Waals surface area contributed by atoms with Gasteiger partial charge in [0.15, 0.2) is 5.82 Å². The molecule has 0 unspecified atom stereocenters. The topological polar surface area (TPSA) is 95.1 Å². The Bertz CT molecular complexity index is 1520. The number of carbonyl (C=O) groups excluding carboxylic acids is 1. The van der Waals surface area contributed by atoms with E-state index in [-0.39, 0.29) is 5.91 Å². The number of amides is 1. The highest BCUT2D eigenvalue weighted by atomic mass is 19.1. The highest BCUT2D eigenvalue weighted by Gasteiger charge is 2.36. The second-order valence-electron chi connectivity index (χ2n) is 11.0. The Labute approximate surface area is 249 Å². The van der Waals surface area contributed by atoms with E-state index in [0.29, 0.717) is 59.4 Å². The number of nitrogens with one attached hydrogen (secondary N) is 2. The van der Waals surface area contributed by atoms with Crippen molar-refractivity contribution < 1.29 is 23.1 Å². The van der Waals surface area contributed by atoms with Crippen LogP contribution in [0.2, 0.25) is 0 Å². The first kappa shape index (κ1) is 28.8. The van der Waals surface area contributed by atoms with Gasteiger partial charge in [0.25, 0.3) is 0 Å². The number of methoxy groups -OCH3 is 1. The van der Waals surface area contributed by atoms with Crippen LogP contribution < -0.4 is 25.3 Å². The molecule has 0 spiro atoms. The Hall–Kier alpha value is -4.29. The Morgan fingerprint density at radius 2 is 1.95 bits per heavy atom. The smallest absolute Gasteiger partial charge is 0.247 e. The van der Waals surface area contributed by atoms with Crippen LogP contribution in [0.4, 0.5) is 37.5 Å². The van der Waals surface area contributed by atoms with Crippen LogP contribution in [0.3, 0.4) is 0 Å². The Morgan fingerprint density at radius 3 is 2.67 bits per heavy atom. The Kier molecular flexibility index (Phi) is 8.13. The normalized spacial score (nSPS) is 20.7. The summed E-state index contributed by atoms with van der Waals surface area (Å²) in [6.45, 7) is 8.80. The molecule has 0 radical (unpaired) electrons. The molecular formula is C31H35F2N7O3. The molecule has 2 atom stereocenters. The Balaban J connectivity index is 1.28. The van der Waals surface area contributed by atoms with Gasteiger partial charge in [0, 0.05) is 61.9 Å². The minimum atomic E-state index is -0.643. The van der Waals surface area contributed by atoms with E-state index in [1.165, 1.54) is 42.4 Å². The average molecular weight is 592 g/mol. The third-order valence-electron chi connectivity index (χ3n) is 8.16. The molecule has 226 valence electrons. The fraction of sp³-hybridized carbons (Fsp3) is 0.387. The van der Waals surface area contributed by atoms with E-state index >= 15 is 0 Å². The van der Waals surface area contributed by atoms with E-state index in [0.717, 1.165) is 31.4 Å². The van der Waals surface area contributed by atoms with Gasteiger partial charge in [-0.25, -0.2) is 23.8 Å². The number of hydroxylamine groups is 1. The summed E-state index contributed by atoms with van der Waals surface area (Å²) in [4.78, 5) is 31.8. The monoisotopic (exact) mass is 591 g/mol. The van der Waals surface area contributed by atoms with Gasteiger partial charge in [-0.1, -0.05) is 12.6 Å². The molecule has 6 rings (SSSR count). The molecule has 2 aliphatic heterocycles. The van der Waals surface area contributed by atoms with Crippen molar-refractivity contribution in [3.8, 4) is 5.75 Å². The molecule has 12 heteroatoms. The van der Waals surface area contributed by atoms with Gasteiger partial charge >= 0.3 is 0 Å². The van der Waals surface area contributed by atoms with E-state index in [2.05, 4.69) is 43.9 Å². The summed E-state index contributed by atoms with van der Waals surface area (Å²) in [5, 5.41) is 7.75. The van der Waals surface area contributed by atoms with E-state index in [9.17, 15) is 13.6 Å². The predicted octanol–water partition coefficient (Wildman–Crippen LogP) is 5.19. The fourth-order valence-electron chi connectivity index (χ4n) is 5.94. The summed E-state index contributed by atoms with van der Waals surface area (Å²) in [5.41, 5.74) is 2.37. The SMILES string of the molecule is C=CC(=O)Nc1cc(Nc2cc(N3OCC[C@@H]3c3ccc(F)cc3F)ncn2)c(OC)cc1N1CCN(C2CC2)[C@@H](C)C1. The van der Waals surface area contributed by atoms with Gasteiger partial charge in [-0.3, -0.25) is 14.5 Å². The number of anilines is 5. The quantitative estimate of drug-likeness (QED) is 0.326. The van der Waals surface area contributed by atoms with Crippen molar-refractivity contribution in [3.05, 3.63) is 72.6 Å². The van der Waals surface area contributed by atoms with Gasteiger partial charge in [-0.05, 0) is 38.0 Å². The van der Waals surface area contributed by atoms with Crippen LogP contribution in [0.1, 0.15) is 37.8 Å². The second kappa shape index (κ2) is 12.1. The molecule has 3 fully saturated rings. The van der Waals surface area contributed by atoms with Crippen molar-refractivity contribution >= 4 is 34.6 Å². The van der Waals surface area contributed by atoms with Crippen LogP contribution in [0.25, 0.3) is 0 Å². The number of benzene rings is 2. The maximum absolute atomic E-state index is 14.6. The number of hydrogen-bond acceptors (Lipinski definition) is 9. The number of nitrogens with zero attached hydrogens (tertiary/aromatic N) is 5. The first-order valence-electron chi connectivity index (χ1n) is 14.5. The number of aromatic nitrogens is 2. The van der Waals surface area contributed by atoms with E-state index < -0.39 is 17.7 Å². The molecule has 3 heterocycles. The molecule has 3 aromatic rings. The van der Waals surface area contributed by atoms with Crippen molar-refractivity contribution in [2.45, 2.75) is 44.3 Å². The lowest BCUT2D eigenvalue weighted by molar-refractivity contribution is -0.111. The largest absolute Gasteiger partial charge is 0.494 e. The number of carbonyl (C=O) groups is 1. The fourth-order valence-corrected chi connectivity index (χ4v) is 5.94. The molecular weight excluding hydrogens is 556 g/mol. The lowest BCUT2D eigenvalue weighted by atomic mass is 10.0. The summed E-state index contributed by atoms with van der Waals surface area (Å²) < 4.78 is 33.9. The minimum absolute atomic E-state index is 0.319. The zero-order chi connectivity index (χ0) is 30.1. The molecule has 43 heavy (non-hydrogen) atoms. The first-order valence-corrected chi connectivity index (χ1v) is 14.5. The van der Waals surface area contributed by atoms with Crippen LogP contribution >= 0.6 is 0 Å². The first-order chi connectivity index (χ1) is 20.8. The molecule has 1 amide bonds. The van der Waals surface area contributed by atoms with E-state index in [1.54, 1.807) is 13.2 Å². The molecule has 10 nitrogen and oxygen atoms in total. The third kappa shape index (κ3) is 6.11. The highest BCUT2D eigenvalue weighted by molar-refractivity contribution is 6.02. The van der Waals surface area contributed by atoms with Crippen molar-refractivity contribution in [3.63, 3.8) is 0 Å². The number of hydrogen-bond donors (Lipinski definition) is 2. The molecule has 2 saturated heterocycles. The van der Waals surface area contributed by atoms with Crippen LogP contribution in [-0.2, 0) is 9.63 Å². The number of halogens is 2. The number of piperazine rings is 1. The minimum Gasteiger partial charge on any atom is -0.494 e. The summed E-state index contributed by atoms with van der Waals surface area (Å²) in [6, 6.07) is 9.51. The standard InChI is InChI=1S/C31H35F2N7O3/c1-4-31(41)37-24-14-25(28(42-3)15-27(24)38-10-11-39(19(2)17-38)21-6-7-21)36-29-16-30(35-18-34-29)40-26(9-12-43-40)22-8-5-20(32)13-23(22)33/h4-5,8,13-16,18-19,21,26H,1,6-7,9-12,17H2,2-3H3,(H,37,41)(H,34,35,36)/t19-,26+/m0/s1. The van der Waals surface area contributed by atoms with Crippen LogP contribution in [0.5, 0.6) is 5.75 Å². The lowest BCUT2D eigenvalue weighted by Crippen LogP contribution is -2.52. The predicted molar refractivity (Wildman–Crippen MR) is 161 cm³/mol. The molecule has 1 aromatic heterocycles. The van der Waals surface area contributed by atoms with Crippen LogP contribution in [-0.4, -0.2) is 66.2 Å². The summed E-state index contributed by atoms with van der Waals surface area (Å²) >= 11 is 0. The highest BCUT2D eigenvalue weighted by Crippen LogP contribution is 2.41. The maximum atomic E-state index is 14.6. The summed E-state index contributed by atoms with van der Waals surface area (Å²) in [6.07, 6.45) is 5.64. The molecule has 0 bridgehead atoms.